The van der Waals surface area contributed by atoms with Gasteiger partial charge in [-0.15, -0.1) is 0 Å². The van der Waals surface area contributed by atoms with Gasteiger partial charge in [0.05, 0.1) is 17.8 Å². The minimum Gasteiger partial charge on any atom is -0.486 e. The van der Waals surface area contributed by atoms with Crippen molar-refractivity contribution in [1.29, 1.82) is 0 Å². The van der Waals surface area contributed by atoms with Gasteiger partial charge < -0.3 is 24.8 Å². The van der Waals surface area contributed by atoms with Crippen molar-refractivity contribution >= 4 is 23.3 Å². The minimum atomic E-state index is -0.932. The second kappa shape index (κ2) is 5.75. The van der Waals surface area contributed by atoms with E-state index in [4.69, 9.17) is 14.6 Å². The zero-order valence-corrected chi connectivity index (χ0v) is 12.3. The number of carboxylic acids is 1. The molecule has 7 heteroatoms. The maximum absolute atomic E-state index is 12.5. The summed E-state index contributed by atoms with van der Waals surface area (Å²) >= 11 is 0. The SMILES string of the molecule is CCC1Nc2cc3c(cc2N(CCC(=O)O)C1=O)OCCO3. The molecule has 2 N–H and O–H groups in total. The van der Waals surface area contributed by atoms with Crippen LogP contribution in [0.4, 0.5) is 11.4 Å². The summed E-state index contributed by atoms with van der Waals surface area (Å²) in [4.78, 5) is 24.9. The molecule has 3 rings (SSSR count). The van der Waals surface area contributed by atoms with Crippen molar-refractivity contribution in [3.63, 3.8) is 0 Å². The predicted octanol–water partition coefficient (Wildman–Crippen LogP) is 1.47. The van der Waals surface area contributed by atoms with Crippen molar-refractivity contribution in [2.45, 2.75) is 25.8 Å². The lowest BCUT2D eigenvalue weighted by Crippen LogP contribution is -2.47. The third-order valence-electron chi connectivity index (χ3n) is 3.80. The zero-order valence-electron chi connectivity index (χ0n) is 12.3. The van der Waals surface area contributed by atoms with E-state index < -0.39 is 5.97 Å². The molecule has 0 aromatic heterocycles. The van der Waals surface area contributed by atoms with Crippen LogP contribution in [0.1, 0.15) is 19.8 Å². The van der Waals surface area contributed by atoms with Crippen LogP contribution >= 0.6 is 0 Å². The number of fused-ring (bicyclic) bond motifs is 2. The Balaban J connectivity index is 1.99. The summed E-state index contributed by atoms with van der Waals surface area (Å²) in [6, 6.07) is 3.19. The quantitative estimate of drug-likeness (QED) is 0.876. The number of carbonyl (C=O) groups excluding carboxylic acids is 1. The fourth-order valence-corrected chi connectivity index (χ4v) is 2.69. The topological polar surface area (TPSA) is 88.1 Å². The van der Waals surface area contributed by atoms with Crippen LogP contribution in [0, 0.1) is 0 Å². The highest BCUT2D eigenvalue weighted by atomic mass is 16.6. The normalized spacial score (nSPS) is 19.4. The van der Waals surface area contributed by atoms with Crippen molar-refractivity contribution in [1.82, 2.24) is 0 Å². The van der Waals surface area contributed by atoms with Gasteiger partial charge in [0, 0.05) is 18.7 Å². The van der Waals surface area contributed by atoms with Gasteiger partial charge in [0.2, 0.25) is 5.91 Å². The first kappa shape index (κ1) is 14.5. The number of rotatable bonds is 4. The molecule has 2 heterocycles. The van der Waals surface area contributed by atoms with E-state index in [0.29, 0.717) is 36.8 Å². The number of ether oxygens (including phenoxy) is 2. The van der Waals surface area contributed by atoms with E-state index in [-0.39, 0.29) is 24.9 Å². The second-order valence-corrected chi connectivity index (χ2v) is 5.25. The summed E-state index contributed by atoms with van der Waals surface area (Å²) in [5.74, 6) is 0.168. The molecular formula is C15H18N2O5. The average Bonchev–Trinajstić information content (AvgIpc) is 2.51. The molecule has 0 aliphatic carbocycles. The molecule has 0 bridgehead atoms. The summed E-state index contributed by atoms with van der Waals surface area (Å²) in [6.07, 6.45) is 0.520. The van der Waals surface area contributed by atoms with Gasteiger partial charge in [-0.3, -0.25) is 9.59 Å². The summed E-state index contributed by atoms with van der Waals surface area (Å²) in [5.41, 5.74) is 1.40. The van der Waals surface area contributed by atoms with Crippen LogP contribution in [-0.4, -0.2) is 42.8 Å². The number of carbonyl (C=O) groups is 2. The van der Waals surface area contributed by atoms with E-state index in [0.717, 1.165) is 5.69 Å². The molecule has 0 saturated carbocycles. The standard InChI is InChI=1S/C15H18N2O5/c1-2-9-15(20)17(4-3-14(18)19)11-8-13-12(7-10(11)16-9)21-5-6-22-13/h7-9,16H,2-6H2,1H3,(H,18,19). The molecule has 1 atom stereocenters. The van der Waals surface area contributed by atoms with Crippen molar-refractivity contribution in [2.75, 3.05) is 30.0 Å². The van der Waals surface area contributed by atoms with Crippen LogP contribution < -0.4 is 19.7 Å². The highest BCUT2D eigenvalue weighted by molar-refractivity contribution is 6.05. The summed E-state index contributed by atoms with van der Waals surface area (Å²) < 4.78 is 11.1. The first-order chi connectivity index (χ1) is 10.6. The largest absolute Gasteiger partial charge is 0.486 e. The van der Waals surface area contributed by atoms with E-state index in [1.807, 2.05) is 13.0 Å². The van der Waals surface area contributed by atoms with Crippen LogP contribution in [0.25, 0.3) is 0 Å². The summed E-state index contributed by atoms with van der Waals surface area (Å²) in [5, 5.41) is 12.1. The molecule has 0 radical (unpaired) electrons. The van der Waals surface area contributed by atoms with Gasteiger partial charge in [0.15, 0.2) is 11.5 Å². The van der Waals surface area contributed by atoms with Crippen molar-refractivity contribution in [3.8, 4) is 11.5 Å². The monoisotopic (exact) mass is 306 g/mol. The van der Waals surface area contributed by atoms with Gasteiger partial charge in [0.1, 0.15) is 19.3 Å². The predicted molar refractivity (Wildman–Crippen MR) is 79.7 cm³/mol. The van der Waals surface area contributed by atoms with E-state index in [2.05, 4.69) is 5.32 Å². The minimum absolute atomic E-state index is 0.101. The number of nitrogens with one attached hydrogen (secondary N) is 1. The molecule has 1 unspecified atom stereocenters. The summed E-state index contributed by atoms with van der Waals surface area (Å²) in [6.45, 7) is 3.00. The van der Waals surface area contributed by atoms with Crippen LogP contribution in [0.2, 0.25) is 0 Å². The Morgan fingerprint density at radius 3 is 2.68 bits per heavy atom. The molecule has 7 nitrogen and oxygen atoms in total. The van der Waals surface area contributed by atoms with Crippen LogP contribution in [0.5, 0.6) is 11.5 Å². The van der Waals surface area contributed by atoms with E-state index >= 15 is 0 Å². The Labute approximate surface area is 127 Å². The van der Waals surface area contributed by atoms with Crippen molar-refractivity contribution < 1.29 is 24.2 Å². The maximum Gasteiger partial charge on any atom is 0.305 e. The van der Waals surface area contributed by atoms with Gasteiger partial charge in [-0.05, 0) is 6.42 Å². The lowest BCUT2D eigenvalue weighted by atomic mass is 10.1. The average molecular weight is 306 g/mol. The fourth-order valence-electron chi connectivity index (χ4n) is 2.69. The second-order valence-electron chi connectivity index (χ2n) is 5.25. The molecule has 1 aromatic carbocycles. The van der Waals surface area contributed by atoms with Crippen LogP contribution in [0.15, 0.2) is 12.1 Å². The van der Waals surface area contributed by atoms with Crippen molar-refractivity contribution in [3.05, 3.63) is 12.1 Å². The lowest BCUT2D eigenvalue weighted by molar-refractivity contribution is -0.136. The molecule has 2 aliphatic rings. The third-order valence-corrected chi connectivity index (χ3v) is 3.80. The Morgan fingerprint density at radius 1 is 1.36 bits per heavy atom. The molecule has 2 aliphatic heterocycles. The highest BCUT2D eigenvalue weighted by Gasteiger charge is 2.33. The van der Waals surface area contributed by atoms with Gasteiger partial charge in [-0.2, -0.15) is 0 Å². The third kappa shape index (κ3) is 2.54. The number of hydrogen-bond acceptors (Lipinski definition) is 5. The Hall–Kier alpha value is -2.44. The number of amides is 1. The first-order valence-corrected chi connectivity index (χ1v) is 7.33. The maximum atomic E-state index is 12.5. The van der Waals surface area contributed by atoms with Crippen molar-refractivity contribution in [2.24, 2.45) is 0 Å². The van der Waals surface area contributed by atoms with E-state index in [1.165, 1.54) is 4.90 Å². The zero-order chi connectivity index (χ0) is 15.7. The summed E-state index contributed by atoms with van der Waals surface area (Å²) in [7, 11) is 0. The fraction of sp³-hybridized carbons (Fsp3) is 0.467. The number of carboxylic acid groups (broad SMARTS) is 1. The molecule has 22 heavy (non-hydrogen) atoms. The first-order valence-electron chi connectivity index (χ1n) is 7.33. The number of anilines is 2. The van der Waals surface area contributed by atoms with E-state index in [1.54, 1.807) is 6.07 Å². The molecule has 1 aromatic rings. The number of hydrogen-bond donors (Lipinski definition) is 2. The van der Waals surface area contributed by atoms with Crippen LogP contribution in [0.3, 0.4) is 0 Å². The molecule has 0 spiro atoms. The Morgan fingerprint density at radius 2 is 2.05 bits per heavy atom. The number of aliphatic carboxylic acids is 1. The van der Waals surface area contributed by atoms with Gasteiger partial charge in [-0.1, -0.05) is 6.92 Å². The Kier molecular flexibility index (Phi) is 3.79. The van der Waals surface area contributed by atoms with Gasteiger partial charge >= 0.3 is 5.97 Å². The molecule has 1 amide bonds. The van der Waals surface area contributed by atoms with E-state index in [9.17, 15) is 9.59 Å². The lowest BCUT2D eigenvalue weighted by Gasteiger charge is -2.36. The molecular weight excluding hydrogens is 288 g/mol. The van der Waals surface area contributed by atoms with Gasteiger partial charge in [-0.25, -0.2) is 0 Å². The number of benzene rings is 1. The highest BCUT2D eigenvalue weighted by Crippen LogP contribution is 2.42. The van der Waals surface area contributed by atoms with Crippen LogP contribution in [-0.2, 0) is 9.59 Å². The smallest absolute Gasteiger partial charge is 0.305 e. The molecule has 0 saturated heterocycles. The molecule has 118 valence electrons. The Bertz CT molecular complexity index is 616. The van der Waals surface area contributed by atoms with Gasteiger partial charge in [0.25, 0.3) is 0 Å². The number of nitrogens with zero attached hydrogens (tertiary/aromatic N) is 1. The molecule has 0 fully saturated rings.